The zero-order valence-corrected chi connectivity index (χ0v) is 13.6. The predicted molar refractivity (Wildman–Crippen MR) is 92.4 cm³/mol. The van der Waals surface area contributed by atoms with Crippen molar-refractivity contribution in [1.29, 1.82) is 0 Å². The number of thiophene rings is 1. The summed E-state index contributed by atoms with van der Waals surface area (Å²) >= 11 is 1.54. The van der Waals surface area contributed by atoms with E-state index in [9.17, 15) is 4.79 Å². The molecule has 0 aliphatic carbocycles. The van der Waals surface area contributed by atoms with E-state index in [-0.39, 0.29) is 12.5 Å². The number of ether oxygens (including phenoxy) is 2. The van der Waals surface area contributed by atoms with Crippen LogP contribution in [0.4, 0.5) is 0 Å². The molecule has 0 aliphatic heterocycles. The summed E-state index contributed by atoms with van der Waals surface area (Å²) in [5, 5.41) is 5.81. The number of carbonyl (C=O) groups excluding carboxylic acids is 1. The molecule has 2 aromatic rings. The summed E-state index contributed by atoms with van der Waals surface area (Å²) < 4.78 is 10.8. The SMILES string of the molecule is C=CCc1ccc(OCC(=O)N/N=C\c2cccs2)c(OC)c1. The van der Waals surface area contributed by atoms with E-state index in [0.717, 1.165) is 16.9 Å². The van der Waals surface area contributed by atoms with Crippen molar-refractivity contribution in [1.82, 2.24) is 5.43 Å². The van der Waals surface area contributed by atoms with E-state index in [2.05, 4.69) is 17.1 Å². The molecule has 1 heterocycles. The fourth-order valence-electron chi connectivity index (χ4n) is 1.83. The van der Waals surface area contributed by atoms with Crippen LogP contribution in [-0.2, 0) is 11.2 Å². The third kappa shape index (κ3) is 5.27. The first kappa shape index (κ1) is 16.8. The molecule has 6 heteroatoms. The molecule has 2 rings (SSSR count). The first-order chi connectivity index (χ1) is 11.2. The molecular weight excluding hydrogens is 312 g/mol. The lowest BCUT2D eigenvalue weighted by atomic mass is 10.1. The maximum absolute atomic E-state index is 11.7. The number of allylic oxidation sites excluding steroid dienone is 1. The van der Waals surface area contributed by atoms with Crippen LogP contribution in [0.5, 0.6) is 11.5 Å². The maximum atomic E-state index is 11.7. The van der Waals surface area contributed by atoms with Crippen molar-refractivity contribution >= 4 is 23.5 Å². The number of rotatable bonds is 8. The van der Waals surface area contributed by atoms with Gasteiger partial charge in [0, 0.05) is 4.88 Å². The Morgan fingerprint density at radius 2 is 2.26 bits per heavy atom. The van der Waals surface area contributed by atoms with Crippen LogP contribution in [0.15, 0.2) is 53.5 Å². The van der Waals surface area contributed by atoms with Gasteiger partial charge in [-0.15, -0.1) is 17.9 Å². The van der Waals surface area contributed by atoms with Crippen molar-refractivity contribution in [3.63, 3.8) is 0 Å². The van der Waals surface area contributed by atoms with E-state index >= 15 is 0 Å². The van der Waals surface area contributed by atoms with Crippen molar-refractivity contribution in [3.8, 4) is 11.5 Å². The molecule has 0 radical (unpaired) electrons. The molecule has 0 saturated heterocycles. The highest BCUT2D eigenvalue weighted by Crippen LogP contribution is 2.28. The monoisotopic (exact) mass is 330 g/mol. The fourth-order valence-corrected chi connectivity index (χ4v) is 2.42. The first-order valence-corrected chi connectivity index (χ1v) is 7.87. The highest BCUT2D eigenvalue weighted by atomic mass is 32.1. The lowest BCUT2D eigenvalue weighted by Gasteiger charge is -2.11. The topological polar surface area (TPSA) is 59.9 Å². The molecule has 0 atom stereocenters. The summed E-state index contributed by atoms with van der Waals surface area (Å²) in [7, 11) is 1.56. The van der Waals surface area contributed by atoms with E-state index in [0.29, 0.717) is 11.5 Å². The minimum atomic E-state index is -0.338. The molecule has 1 amide bonds. The molecule has 0 saturated carbocycles. The maximum Gasteiger partial charge on any atom is 0.277 e. The minimum absolute atomic E-state index is 0.140. The van der Waals surface area contributed by atoms with Gasteiger partial charge in [0.15, 0.2) is 18.1 Å². The molecule has 23 heavy (non-hydrogen) atoms. The number of hydrazone groups is 1. The zero-order valence-electron chi connectivity index (χ0n) is 12.8. The van der Waals surface area contributed by atoms with E-state index in [1.165, 1.54) is 11.3 Å². The summed E-state index contributed by atoms with van der Waals surface area (Å²) in [6, 6.07) is 9.38. The standard InChI is InChI=1S/C17H18N2O3S/c1-3-5-13-7-8-15(16(10-13)21-2)22-12-17(20)19-18-11-14-6-4-9-23-14/h3-4,6-11H,1,5,12H2,2H3,(H,19,20)/b18-11-. The molecule has 0 spiro atoms. The lowest BCUT2D eigenvalue weighted by molar-refractivity contribution is -0.123. The first-order valence-electron chi connectivity index (χ1n) is 6.99. The molecule has 5 nitrogen and oxygen atoms in total. The van der Waals surface area contributed by atoms with Gasteiger partial charge in [0.1, 0.15) is 0 Å². The molecule has 1 aromatic carbocycles. The van der Waals surface area contributed by atoms with Crippen molar-refractivity contribution in [3.05, 3.63) is 58.8 Å². The number of nitrogens with zero attached hydrogens (tertiary/aromatic N) is 1. The Hall–Kier alpha value is -2.60. The Labute approximate surface area is 139 Å². The second-order valence-corrected chi connectivity index (χ2v) is 5.55. The smallest absolute Gasteiger partial charge is 0.277 e. The Balaban J connectivity index is 1.87. The van der Waals surface area contributed by atoms with Crippen LogP contribution in [0, 0.1) is 0 Å². The van der Waals surface area contributed by atoms with Gasteiger partial charge < -0.3 is 9.47 Å². The van der Waals surface area contributed by atoms with Gasteiger partial charge in [0.25, 0.3) is 5.91 Å². The van der Waals surface area contributed by atoms with Crippen LogP contribution in [0.3, 0.4) is 0 Å². The third-order valence-corrected chi connectivity index (χ3v) is 3.70. The van der Waals surface area contributed by atoms with Crippen LogP contribution >= 0.6 is 11.3 Å². The summed E-state index contributed by atoms with van der Waals surface area (Å²) in [6.45, 7) is 3.56. The van der Waals surface area contributed by atoms with E-state index < -0.39 is 0 Å². The number of hydrogen-bond donors (Lipinski definition) is 1. The summed E-state index contributed by atoms with van der Waals surface area (Å²) in [4.78, 5) is 12.7. The van der Waals surface area contributed by atoms with Crippen LogP contribution in [0.25, 0.3) is 0 Å². The minimum Gasteiger partial charge on any atom is -0.493 e. The zero-order chi connectivity index (χ0) is 16.5. The number of hydrogen-bond acceptors (Lipinski definition) is 5. The van der Waals surface area contributed by atoms with E-state index in [4.69, 9.17) is 9.47 Å². The molecule has 0 unspecified atom stereocenters. The second kappa shape index (κ2) is 8.75. The number of carbonyl (C=O) groups is 1. The average molecular weight is 330 g/mol. The quantitative estimate of drug-likeness (QED) is 0.460. The van der Waals surface area contributed by atoms with Gasteiger partial charge in [-0.25, -0.2) is 5.43 Å². The van der Waals surface area contributed by atoms with Crippen molar-refractivity contribution in [2.75, 3.05) is 13.7 Å². The van der Waals surface area contributed by atoms with Gasteiger partial charge in [-0.3, -0.25) is 4.79 Å². The average Bonchev–Trinajstić information content (AvgIpc) is 3.07. The summed E-state index contributed by atoms with van der Waals surface area (Å²) in [6.07, 6.45) is 4.15. The Morgan fingerprint density at radius 3 is 2.96 bits per heavy atom. The second-order valence-electron chi connectivity index (χ2n) is 4.58. The fraction of sp³-hybridized carbons (Fsp3) is 0.176. The molecule has 0 bridgehead atoms. The Morgan fingerprint density at radius 1 is 1.39 bits per heavy atom. The molecule has 1 N–H and O–H groups in total. The molecular formula is C17H18N2O3S. The highest BCUT2D eigenvalue weighted by molar-refractivity contribution is 7.11. The van der Waals surface area contributed by atoms with Gasteiger partial charge in [0.2, 0.25) is 0 Å². The van der Waals surface area contributed by atoms with Crippen LogP contribution < -0.4 is 14.9 Å². The third-order valence-electron chi connectivity index (χ3n) is 2.89. The predicted octanol–water partition coefficient (Wildman–Crippen LogP) is 3.01. The van der Waals surface area contributed by atoms with Gasteiger partial charge in [-0.1, -0.05) is 18.2 Å². The van der Waals surface area contributed by atoms with Crippen molar-refractivity contribution < 1.29 is 14.3 Å². The molecule has 120 valence electrons. The summed E-state index contributed by atoms with van der Waals surface area (Å²) in [5.74, 6) is 0.756. The van der Waals surface area contributed by atoms with E-state index in [1.54, 1.807) is 19.4 Å². The number of methoxy groups -OCH3 is 1. The number of benzene rings is 1. The molecule has 1 aromatic heterocycles. The van der Waals surface area contributed by atoms with Gasteiger partial charge >= 0.3 is 0 Å². The van der Waals surface area contributed by atoms with Crippen molar-refractivity contribution in [2.24, 2.45) is 5.10 Å². The summed E-state index contributed by atoms with van der Waals surface area (Å²) in [5.41, 5.74) is 3.48. The number of amides is 1. The Bertz CT molecular complexity index is 681. The van der Waals surface area contributed by atoms with Crippen molar-refractivity contribution in [2.45, 2.75) is 6.42 Å². The van der Waals surface area contributed by atoms with E-state index in [1.807, 2.05) is 35.7 Å². The van der Waals surface area contributed by atoms with Crippen LogP contribution in [0.1, 0.15) is 10.4 Å². The largest absolute Gasteiger partial charge is 0.493 e. The van der Waals surface area contributed by atoms with Crippen LogP contribution in [-0.4, -0.2) is 25.8 Å². The number of nitrogens with one attached hydrogen (secondary N) is 1. The normalized spacial score (nSPS) is 10.5. The van der Waals surface area contributed by atoms with Gasteiger partial charge in [-0.2, -0.15) is 5.10 Å². The van der Waals surface area contributed by atoms with Crippen LogP contribution in [0.2, 0.25) is 0 Å². The molecule has 0 aliphatic rings. The Kier molecular flexibility index (Phi) is 6.38. The van der Waals surface area contributed by atoms with Gasteiger partial charge in [-0.05, 0) is 35.6 Å². The highest BCUT2D eigenvalue weighted by Gasteiger charge is 2.08. The molecule has 0 fully saturated rings. The van der Waals surface area contributed by atoms with Gasteiger partial charge in [0.05, 0.1) is 13.3 Å². The lowest BCUT2D eigenvalue weighted by Crippen LogP contribution is -2.24.